The molecule has 1 aromatic rings. The highest BCUT2D eigenvalue weighted by atomic mass is 16.6. The number of ether oxygens (including phenoxy) is 3. The fraction of sp³-hybridized carbons (Fsp3) is 0.519. The summed E-state index contributed by atoms with van der Waals surface area (Å²) < 4.78 is 17.1. The van der Waals surface area contributed by atoms with Crippen molar-refractivity contribution in [1.82, 2.24) is 4.90 Å². The van der Waals surface area contributed by atoms with Crippen LogP contribution in [-0.4, -0.2) is 79.0 Å². The van der Waals surface area contributed by atoms with Crippen LogP contribution >= 0.6 is 0 Å². The van der Waals surface area contributed by atoms with E-state index in [4.69, 9.17) is 14.2 Å². The molecule has 3 aliphatic rings. The van der Waals surface area contributed by atoms with Gasteiger partial charge in [0.25, 0.3) is 5.91 Å². The number of β-amino-alcohol motifs (C(OH)–C–C–N with tert-alkyl or cyclic N) is 1. The normalized spacial score (nSPS) is 28.1. The van der Waals surface area contributed by atoms with Crippen molar-refractivity contribution in [3.8, 4) is 5.75 Å². The number of methoxy groups -OCH3 is 1. The van der Waals surface area contributed by atoms with Gasteiger partial charge in [-0.05, 0) is 49.9 Å². The number of benzene rings is 1. The van der Waals surface area contributed by atoms with Crippen LogP contribution < -0.4 is 9.64 Å². The number of esters is 1. The first-order valence-corrected chi connectivity index (χ1v) is 12.4. The van der Waals surface area contributed by atoms with Crippen LogP contribution in [0.4, 0.5) is 5.69 Å². The molecule has 3 heterocycles. The zero-order chi connectivity index (χ0) is 25.9. The molecule has 2 unspecified atom stereocenters. The molecule has 194 valence electrons. The molecule has 0 radical (unpaired) electrons. The number of fused-ring (bicyclic) bond motifs is 1. The number of nitrogens with zero attached hydrogens (tertiary/aromatic N) is 2. The Balaban J connectivity index is 1.66. The van der Waals surface area contributed by atoms with Gasteiger partial charge in [-0.3, -0.25) is 14.4 Å². The van der Waals surface area contributed by atoms with Crippen LogP contribution in [0.1, 0.15) is 25.7 Å². The standard InChI is InChI=1S/C27H34N2O7/c1-4-6-7-17-35-26(33)21-20-12-13-27(36-20)22(21)24(31)29(15-16-30)23(27)25(32)28(14-5-2)18-8-10-19(34-3)11-9-18/h4-5,8-11,20-23,30H,1-2,6-7,12-17H2,3H3/t20-,21+,22-,23?,27?/m0/s1. The smallest absolute Gasteiger partial charge is 0.312 e. The van der Waals surface area contributed by atoms with E-state index >= 15 is 0 Å². The molecular weight excluding hydrogens is 464 g/mol. The third kappa shape index (κ3) is 4.30. The minimum absolute atomic E-state index is 0.0346. The Labute approximate surface area is 211 Å². The summed E-state index contributed by atoms with van der Waals surface area (Å²) in [4.78, 5) is 43.8. The number of aliphatic hydroxyl groups is 1. The molecule has 2 bridgehead atoms. The Morgan fingerprint density at radius 1 is 1.28 bits per heavy atom. The van der Waals surface area contributed by atoms with E-state index in [1.807, 2.05) is 0 Å². The number of carbonyl (C=O) groups excluding carboxylic acids is 3. The van der Waals surface area contributed by atoms with Crippen LogP contribution in [0.3, 0.4) is 0 Å². The van der Waals surface area contributed by atoms with E-state index in [1.54, 1.807) is 48.4 Å². The summed E-state index contributed by atoms with van der Waals surface area (Å²) in [7, 11) is 1.56. The van der Waals surface area contributed by atoms with Crippen molar-refractivity contribution in [3.05, 3.63) is 49.6 Å². The lowest BCUT2D eigenvalue weighted by Crippen LogP contribution is -2.56. The van der Waals surface area contributed by atoms with E-state index in [0.717, 1.165) is 6.42 Å². The lowest BCUT2D eigenvalue weighted by atomic mass is 9.70. The van der Waals surface area contributed by atoms with Crippen LogP contribution in [0.15, 0.2) is 49.6 Å². The predicted molar refractivity (Wildman–Crippen MR) is 132 cm³/mol. The van der Waals surface area contributed by atoms with Crippen molar-refractivity contribution < 1.29 is 33.7 Å². The number of allylic oxidation sites excluding steroid dienone is 1. The van der Waals surface area contributed by atoms with E-state index in [9.17, 15) is 19.5 Å². The molecule has 3 fully saturated rings. The molecule has 1 spiro atoms. The highest BCUT2D eigenvalue weighted by Gasteiger charge is 2.75. The zero-order valence-electron chi connectivity index (χ0n) is 20.6. The summed E-state index contributed by atoms with van der Waals surface area (Å²) in [6.45, 7) is 7.55. The van der Waals surface area contributed by atoms with Gasteiger partial charge in [0.2, 0.25) is 5.91 Å². The SMILES string of the molecule is C=CCCCOC(=O)[C@@H]1[C@@H]2CCC3(O2)C(C(=O)N(CC=C)c2ccc(OC)cc2)N(CCO)C(=O)[C@H]13. The van der Waals surface area contributed by atoms with E-state index in [2.05, 4.69) is 13.2 Å². The first kappa shape index (κ1) is 25.9. The zero-order valence-corrected chi connectivity index (χ0v) is 20.6. The van der Waals surface area contributed by atoms with E-state index in [0.29, 0.717) is 30.7 Å². The second-order valence-corrected chi connectivity index (χ2v) is 9.35. The van der Waals surface area contributed by atoms with Crippen molar-refractivity contribution in [2.24, 2.45) is 11.8 Å². The second kappa shape index (κ2) is 10.8. The second-order valence-electron chi connectivity index (χ2n) is 9.35. The molecule has 0 aromatic heterocycles. The quantitative estimate of drug-likeness (QED) is 0.267. The number of hydrogen-bond donors (Lipinski definition) is 1. The van der Waals surface area contributed by atoms with Crippen molar-refractivity contribution in [1.29, 1.82) is 0 Å². The van der Waals surface area contributed by atoms with Gasteiger partial charge < -0.3 is 29.1 Å². The van der Waals surface area contributed by atoms with Gasteiger partial charge in [-0.2, -0.15) is 0 Å². The highest BCUT2D eigenvalue weighted by Crippen LogP contribution is 2.58. The molecule has 9 heteroatoms. The fourth-order valence-electron chi connectivity index (χ4n) is 5.91. The molecular formula is C27H34N2O7. The molecule has 4 rings (SSSR count). The van der Waals surface area contributed by atoms with Crippen LogP contribution in [0.25, 0.3) is 0 Å². The largest absolute Gasteiger partial charge is 0.497 e. The maximum atomic E-state index is 14.1. The Kier molecular flexibility index (Phi) is 7.80. The first-order chi connectivity index (χ1) is 17.4. The molecule has 36 heavy (non-hydrogen) atoms. The van der Waals surface area contributed by atoms with E-state index in [-0.39, 0.29) is 38.1 Å². The molecule has 3 aliphatic heterocycles. The van der Waals surface area contributed by atoms with Gasteiger partial charge in [0, 0.05) is 18.8 Å². The van der Waals surface area contributed by atoms with Crippen molar-refractivity contribution in [2.45, 2.75) is 43.4 Å². The van der Waals surface area contributed by atoms with Gasteiger partial charge in [0.15, 0.2) is 0 Å². The number of unbranched alkanes of at least 4 members (excludes halogenated alkanes) is 1. The highest BCUT2D eigenvalue weighted by molar-refractivity contribution is 6.04. The minimum Gasteiger partial charge on any atom is -0.497 e. The Morgan fingerprint density at radius 3 is 2.67 bits per heavy atom. The van der Waals surface area contributed by atoms with Gasteiger partial charge in [-0.15, -0.1) is 13.2 Å². The number of carbonyl (C=O) groups is 3. The average Bonchev–Trinajstić information content (AvgIpc) is 3.53. The van der Waals surface area contributed by atoms with E-state index in [1.165, 1.54) is 4.90 Å². The molecule has 9 nitrogen and oxygen atoms in total. The summed E-state index contributed by atoms with van der Waals surface area (Å²) in [6, 6.07) is 6.05. The maximum Gasteiger partial charge on any atom is 0.312 e. The van der Waals surface area contributed by atoms with Crippen molar-refractivity contribution >= 4 is 23.5 Å². The van der Waals surface area contributed by atoms with Gasteiger partial charge in [-0.1, -0.05) is 12.2 Å². The fourth-order valence-corrected chi connectivity index (χ4v) is 5.91. The van der Waals surface area contributed by atoms with Gasteiger partial charge >= 0.3 is 5.97 Å². The summed E-state index contributed by atoms with van der Waals surface area (Å²) >= 11 is 0. The third-order valence-electron chi connectivity index (χ3n) is 7.41. The maximum absolute atomic E-state index is 14.1. The molecule has 1 aromatic carbocycles. The van der Waals surface area contributed by atoms with Gasteiger partial charge in [0.05, 0.1) is 38.3 Å². The first-order valence-electron chi connectivity index (χ1n) is 12.4. The third-order valence-corrected chi connectivity index (χ3v) is 7.41. The Hall–Kier alpha value is -3.17. The van der Waals surface area contributed by atoms with E-state index < -0.39 is 35.6 Å². The summed E-state index contributed by atoms with van der Waals surface area (Å²) in [5, 5.41) is 9.74. The summed E-state index contributed by atoms with van der Waals surface area (Å²) in [6.07, 6.45) is 5.27. The van der Waals surface area contributed by atoms with Gasteiger partial charge in [-0.25, -0.2) is 0 Å². The average molecular weight is 499 g/mol. The summed E-state index contributed by atoms with van der Waals surface area (Å²) in [5.74, 6) is -2.13. The number of aliphatic hydroxyl groups excluding tert-OH is 1. The number of amides is 2. The van der Waals surface area contributed by atoms with Crippen molar-refractivity contribution in [2.75, 3.05) is 38.3 Å². The Morgan fingerprint density at radius 2 is 2.03 bits per heavy atom. The number of anilines is 1. The van der Waals surface area contributed by atoms with Gasteiger partial charge in [0.1, 0.15) is 17.4 Å². The predicted octanol–water partition coefficient (Wildman–Crippen LogP) is 2.09. The molecule has 1 N–H and O–H groups in total. The van der Waals surface area contributed by atoms with Crippen LogP contribution in [0.5, 0.6) is 5.75 Å². The van der Waals surface area contributed by atoms with Crippen LogP contribution in [0.2, 0.25) is 0 Å². The van der Waals surface area contributed by atoms with Crippen LogP contribution in [0, 0.1) is 11.8 Å². The monoisotopic (exact) mass is 498 g/mol. The van der Waals surface area contributed by atoms with Crippen molar-refractivity contribution in [3.63, 3.8) is 0 Å². The lowest BCUT2D eigenvalue weighted by molar-refractivity contribution is -0.155. The number of likely N-dealkylation sites (tertiary alicyclic amines) is 1. The van der Waals surface area contributed by atoms with Crippen LogP contribution in [-0.2, 0) is 23.9 Å². The molecule has 2 amide bonds. The molecule has 0 aliphatic carbocycles. The Bertz CT molecular complexity index is 1010. The number of hydrogen-bond acceptors (Lipinski definition) is 7. The molecule has 5 atom stereocenters. The topological polar surface area (TPSA) is 106 Å². The minimum atomic E-state index is -1.15. The summed E-state index contributed by atoms with van der Waals surface area (Å²) in [5.41, 5.74) is -0.535. The molecule has 3 saturated heterocycles. The lowest BCUT2D eigenvalue weighted by Gasteiger charge is -2.36. The molecule has 0 saturated carbocycles. The number of rotatable bonds is 12.